The highest BCUT2D eigenvalue weighted by molar-refractivity contribution is 7.99. The van der Waals surface area contributed by atoms with E-state index in [0.29, 0.717) is 5.25 Å². The molecule has 84 valence electrons. The van der Waals surface area contributed by atoms with E-state index in [9.17, 15) is 5.11 Å². The zero-order chi connectivity index (χ0) is 11.3. The number of rotatable bonds is 5. The van der Waals surface area contributed by atoms with Gasteiger partial charge in [-0.3, -0.25) is 0 Å². The molecular formula is C13H20OS. The first kappa shape index (κ1) is 12.6. The summed E-state index contributed by atoms with van der Waals surface area (Å²) < 4.78 is 0. The van der Waals surface area contributed by atoms with Crippen LogP contribution in [0.3, 0.4) is 0 Å². The molecule has 0 radical (unpaired) electrons. The fourth-order valence-corrected chi connectivity index (χ4v) is 2.35. The lowest BCUT2D eigenvalue weighted by molar-refractivity contribution is 0.203. The second-order valence-corrected chi connectivity index (χ2v) is 5.40. The molecule has 0 bridgehead atoms. The number of aliphatic hydroxyl groups excluding tert-OH is 1. The van der Waals surface area contributed by atoms with Crippen molar-refractivity contribution in [3.05, 3.63) is 35.4 Å². The average molecular weight is 224 g/mol. The molecule has 0 fully saturated rings. The number of aryl methyl sites for hydroxylation is 1. The fourth-order valence-electron chi connectivity index (χ4n) is 1.42. The molecule has 1 rings (SSSR count). The molecule has 0 saturated carbocycles. The van der Waals surface area contributed by atoms with E-state index in [4.69, 9.17) is 0 Å². The molecule has 0 heterocycles. The van der Waals surface area contributed by atoms with Gasteiger partial charge in [0.2, 0.25) is 0 Å². The summed E-state index contributed by atoms with van der Waals surface area (Å²) in [6.07, 6.45) is 0.829. The Morgan fingerprint density at radius 1 is 1.33 bits per heavy atom. The van der Waals surface area contributed by atoms with E-state index in [0.717, 1.165) is 17.7 Å². The topological polar surface area (TPSA) is 20.2 Å². The molecule has 2 heteroatoms. The van der Waals surface area contributed by atoms with Crippen molar-refractivity contribution >= 4 is 11.8 Å². The Morgan fingerprint density at radius 3 is 2.60 bits per heavy atom. The number of aliphatic hydroxyl groups is 1. The van der Waals surface area contributed by atoms with E-state index in [-0.39, 0.29) is 6.10 Å². The molecule has 2 unspecified atom stereocenters. The molecule has 0 aromatic heterocycles. The minimum atomic E-state index is -0.329. The van der Waals surface area contributed by atoms with E-state index in [1.165, 1.54) is 5.56 Å². The zero-order valence-electron chi connectivity index (χ0n) is 9.73. The van der Waals surface area contributed by atoms with Gasteiger partial charge in [0.25, 0.3) is 0 Å². The van der Waals surface area contributed by atoms with Crippen LogP contribution in [0.5, 0.6) is 0 Å². The van der Waals surface area contributed by atoms with Crippen LogP contribution >= 0.6 is 11.8 Å². The van der Waals surface area contributed by atoms with Crippen LogP contribution in [0.15, 0.2) is 24.3 Å². The van der Waals surface area contributed by atoms with Crippen LogP contribution in [0.4, 0.5) is 0 Å². The van der Waals surface area contributed by atoms with Gasteiger partial charge in [-0.25, -0.2) is 0 Å². The first-order valence-corrected chi connectivity index (χ1v) is 6.55. The summed E-state index contributed by atoms with van der Waals surface area (Å²) in [5.74, 6) is 0.792. The van der Waals surface area contributed by atoms with Crippen molar-refractivity contribution in [1.29, 1.82) is 0 Å². The Morgan fingerprint density at radius 2 is 2.00 bits per heavy atom. The van der Waals surface area contributed by atoms with Crippen LogP contribution < -0.4 is 0 Å². The minimum absolute atomic E-state index is 0.329. The van der Waals surface area contributed by atoms with Crippen molar-refractivity contribution in [2.45, 2.75) is 38.5 Å². The van der Waals surface area contributed by atoms with Crippen LogP contribution in [-0.4, -0.2) is 16.1 Å². The number of hydrogen-bond acceptors (Lipinski definition) is 2. The normalized spacial score (nSPS) is 14.9. The molecule has 0 aliphatic heterocycles. The minimum Gasteiger partial charge on any atom is -0.388 e. The van der Waals surface area contributed by atoms with Gasteiger partial charge in [0, 0.05) is 11.0 Å². The zero-order valence-corrected chi connectivity index (χ0v) is 10.6. The van der Waals surface area contributed by atoms with Crippen molar-refractivity contribution in [1.82, 2.24) is 0 Å². The lowest BCUT2D eigenvalue weighted by atomic mass is 10.1. The monoisotopic (exact) mass is 224 g/mol. The van der Waals surface area contributed by atoms with Crippen molar-refractivity contribution in [3.8, 4) is 0 Å². The molecule has 2 atom stereocenters. The molecule has 0 aliphatic carbocycles. The van der Waals surface area contributed by atoms with E-state index < -0.39 is 0 Å². The maximum atomic E-state index is 10.0. The Balaban J connectivity index is 2.54. The van der Waals surface area contributed by atoms with Gasteiger partial charge in [0.15, 0.2) is 0 Å². The lowest BCUT2D eigenvalue weighted by Gasteiger charge is -2.15. The first-order valence-electron chi connectivity index (χ1n) is 5.50. The van der Waals surface area contributed by atoms with Crippen LogP contribution in [0.2, 0.25) is 0 Å². The second kappa shape index (κ2) is 6.19. The lowest BCUT2D eigenvalue weighted by Crippen LogP contribution is -2.05. The van der Waals surface area contributed by atoms with Crippen molar-refractivity contribution in [2.75, 3.05) is 5.75 Å². The number of thioether (sulfide) groups is 1. The molecule has 1 nitrogen and oxygen atoms in total. The van der Waals surface area contributed by atoms with Crippen molar-refractivity contribution in [2.24, 2.45) is 0 Å². The third kappa shape index (κ3) is 3.88. The molecule has 0 amide bonds. The molecule has 1 N–H and O–H groups in total. The van der Waals surface area contributed by atoms with Crippen LogP contribution in [0.25, 0.3) is 0 Å². The Labute approximate surface area is 96.9 Å². The van der Waals surface area contributed by atoms with Gasteiger partial charge in [-0.2, -0.15) is 11.8 Å². The quantitative estimate of drug-likeness (QED) is 0.825. The average Bonchev–Trinajstić information content (AvgIpc) is 2.26. The van der Waals surface area contributed by atoms with Gasteiger partial charge in [-0.15, -0.1) is 0 Å². The first-order chi connectivity index (χ1) is 7.15. The van der Waals surface area contributed by atoms with Gasteiger partial charge in [-0.05, 0) is 24.5 Å². The van der Waals surface area contributed by atoms with E-state index in [1.54, 1.807) is 0 Å². The Bertz CT molecular complexity index is 298. The third-order valence-corrected chi connectivity index (χ3v) is 4.07. The summed E-state index contributed by atoms with van der Waals surface area (Å²) in [4.78, 5) is 0. The van der Waals surface area contributed by atoms with Crippen LogP contribution in [0, 0.1) is 6.92 Å². The van der Waals surface area contributed by atoms with Crippen molar-refractivity contribution in [3.63, 3.8) is 0 Å². The van der Waals surface area contributed by atoms with Gasteiger partial charge < -0.3 is 5.11 Å². The second-order valence-electron chi connectivity index (χ2n) is 3.92. The van der Waals surface area contributed by atoms with Gasteiger partial charge in [-0.1, -0.05) is 38.1 Å². The summed E-state index contributed by atoms with van der Waals surface area (Å²) in [7, 11) is 0. The Kier molecular flexibility index (Phi) is 5.20. The van der Waals surface area contributed by atoms with E-state index in [1.807, 2.05) is 43.0 Å². The van der Waals surface area contributed by atoms with Gasteiger partial charge >= 0.3 is 0 Å². The van der Waals surface area contributed by atoms with Crippen molar-refractivity contribution < 1.29 is 5.11 Å². The summed E-state index contributed by atoms with van der Waals surface area (Å²) in [5, 5.41) is 10.7. The molecule has 0 saturated heterocycles. The molecule has 1 aromatic carbocycles. The summed E-state index contributed by atoms with van der Waals surface area (Å²) in [5.41, 5.74) is 2.24. The largest absolute Gasteiger partial charge is 0.388 e. The van der Waals surface area contributed by atoms with Gasteiger partial charge in [0.1, 0.15) is 0 Å². The maximum absolute atomic E-state index is 10.0. The highest BCUT2D eigenvalue weighted by atomic mass is 32.2. The number of hydrogen-bond donors (Lipinski definition) is 1. The Hall–Kier alpha value is -0.470. The van der Waals surface area contributed by atoms with E-state index >= 15 is 0 Å². The molecule has 0 aliphatic rings. The summed E-state index contributed by atoms with van der Waals surface area (Å²) in [6.45, 7) is 6.43. The SMILES string of the molecule is CCC(C)SCC(O)c1ccccc1C. The smallest absolute Gasteiger partial charge is 0.0883 e. The molecule has 0 spiro atoms. The highest BCUT2D eigenvalue weighted by Crippen LogP contribution is 2.24. The third-order valence-electron chi connectivity index (χ3n) is 2.66. The molecule has 15 heavy (non-hydrogen) atoms. The van der Waals surface area contributed by atoms with Gasteiger partial charge in [0.05, 0.1) is 6.10 Å². The maximum Gasteiger partial charge on any atom is 0.0883 e. The van der Waals surface area contributed by atoms with Crippen LogP contribution in [0.1, 0.15) is 37.5 Å². The predicted molar refractivity (Wildman–Crippen MR) is 68.3 cm³/mol. The van der Waals surface area contributed by atoms with E-state index in [2.05, 4.69) is 13.8 Å². The standard InChI is InChI=1S/C13H20OS/c1-4-11(3)15-9-13(14)12-8-6-5-7-10(12)2/h5-8,11,13-14H,4,9H2,1-3H3. The number of benzene rings is 1. The molecule has 1 aromatic rings. The summed E-state index contributed by atoms with van der Waals surface area (Å²) in [6, 6.07) is 8.05. The fraction of sp³-hybridized carbons (Fsp3) is 0.538. The van der Waals surface area contributed by atoms with Crippen LogP contribution in [-0.2, 0) is 0 Å². The summed E-state index contributed by atoms with van der Waals surface area (Å²) >= 11 is 1.84. The predicted octanol–water partition coefficient (Wildman–Crippen LogP) is 3.56. The molecular weight excluding hydrogens is 204 g/mol. The highest BCUT2D eigenvalue weighted by Gasteiger charge is 2.11.